The van der Waals surface area contributed by atoms with Gasteiger partial charge in [0.05, 0.1) is 16.0 Å². The van der Waals surface area contributed by atoms with Gasteiger partial charge >= 0.3 is 0 Å². The number of nitrogens with two attached hydrogens (primary N) is 1. The summed E-state index contributed by atoms with van der Waals surface area (Å²) in [5, 5.41) is 17.2. The minimum absolute atomic E-state index is 0.0119. The Morgan fingerprint density at radius 2 is 2.16 bits per heavy atom. The van der Waals surface area contributed by atoms with E-state index in [0.717, 1.165) is 12.8 Å². The van der Waals surface area contributed by atoms with Gasteiger partial charge in [-0.2, -0.15) is 4.99 Å². The predicted molar refractivity (Wildman–Crippen MR) is 101 cm³/mol. The van der Waals surface area contributed by atoms with Crippen molar-refractivity contribution in [3.8, 4) is 0 Å². The number of rotatable bonds is 3. The summed E-state index contributed by atoms with van der Waals surface area (Å²) in [5.74, 6) is 0.444. The molecule has 5 N–H and O–H groups in total. The number of nitro benzene ring substituents is 1. The number of H-pyrrole nitrogens is 1. The summed E-state index contributed by atoms with van der Waals surface area (Å²) >= 11 is 5.21. The molecule has 0 saturated heterocycles. The highest BCUT2D eigenvalue weighted by atomic mass is 32.1. The van der Waals surface area contributed by atoms with E-state index in [1.165, 1.54) is 31.4 Å². The smallest absolute Gasteiger partial charge is 0.271 e. The summed E-state index contributed by atoms with van der Waals surface area (Å²) < 4.78 is 0. The Morgan fingerprint density at radius 3 is 2.88 bits per heavy atom. The zero-order valence-corrected chi connectivity index (χ0v) is 14.3. The maximum absolute atomic E-state index is 10.8. The second kappa shape index (κ2) is 7.43. The Morgan fingerprint density at radius 1 is 1.40 bits per heavy atom. The molecular weight excluding hydrogens is 342 g/mol. The first-order valence-electron chi connectivity index (χ1n) is 8.07. The number of aromatic amines is 1. The molecule has 0 bridgehead atoms. The van der Waals surface area contributed by atoms with E-state index in [0.29, 0.717) is 28.1 Å². The third-order valence-electron chi connectivity index (χ3n) is 4.08. The molecule has 2 aromatic rings. The number of benzene rings is 1. The van der Waals surface area contributed by atoms with Gasteiger partial charge < -0.3 is 16.0 Å². The van der Waals surface area contributed by atoms with Gasteiger partial charge in [0.2, 0.25) is 11.9 Å². The number of hydrogen-bond acceptors (Lipinski definition) is 4. The first-order valence-corrected chi connectivity index (χ1v) is 8.48. The summed E-state index contributed by atoms with van der Waals surface area (Å²) in [4.78, 5) is 21.7. The van der Waals surface area contributed by atoms with Crippen LogP contribution >= 0.6 is 12.2 Å². The Labute approximate surface area is 149 Å². The molecule has 1 aliphatic carbocycles. The number of thiocarbonyl (C=S) groups is 1. The first-order chi connectivity index (χ1) is 12.0. The minimum Gasteiger partial charge on any atom is -0.369 e. The second-order valence-corrected chi connectivity index (χ2v) is 6.34. The van der Waals surface area contributed by atoms with E-state index < -0.39 is 4.92 Å². The van der Waals surface area contributed by atoms with Gasteiger partial charge in [-0.05, 0) is 31.1 Å². The van der Waals surface area contributed by atoms with Crippen molar-refractivity contribution in [2.24, 2.45) is 10.7 Å². The monoisotopic (exact) mass is 361 g/mol. The fourth-order valence-corrected chi connectivity index (χ4v) is 3.15. The summed E-state index contributed by atoms with van der Waals surface area (Å²) in [5.41, 5.74) is 6.96. The Hall–Kier alpha value is -2.75. The van der Waals surface area contributed by atoms with Crippen LogP contribution in [0.1, 0.15) is 32.1 Å². The van der Waals surface area contributed by atoms with Gasteiger partial charge in [0, 0.05) is 18.2 Å². The molecule has 0 unspecified atom stereocenters. The molecule has 132 valence electrons. The van der Waals surface area contributed by atoms with Crippen molar-refractivity contribution in [1.82, 2.24) is 15.3 Å². The van der Waals surface area contributed by atoms with Crippen molar-refractivity contribution in [1.29, 1.82) is 0 Å². The van der Waals surface area contributed by atoms with E-state index >= 15 is 0 Å². The van der Waals surface area contributed by atoms with Crippen LogP contribution in [0.15, 0.2) is 23.2 Å². The van der Waals surface area contributed by atoms with Crippen molar-refractivity contribution >= 4 is 46.0 Å². The molecule has 10 heteroatoms. The van der Waals surface area contributed by atoms with Crippen molar-refractivity contribution in [3.63, 3.8) is 0 Å². The Balaban J connectivity index is 1.65. The van der Waals surface area contributed by atoms with Crippen LogP contribution in [-0.4, -0.2) is 32.0 Å². The normalized spacial score (nSPS) is 15.9. The number of nitro groups is 1. The quantitative estimate of drug-likeness (QED) is 0.217. The number of non-ortho nitro benzene ring substituents is 1. The van der Waals surface area contributed by atoms with Gasteiger partial charge in [-0.25, -0.2) is 4.98 Å². The summed E-state index contributed by atoms with van der Waals surface area (Å²) in [6, 6.07) is 4.73. The van der Waals surface area contributed by atoms with E-state index in [2.05, 4.69) is 25.6 Å². The lowest BCUT2D eigenvalue weighted by Gasteiger charge is -2.22. The van der Waals surface area contributed by atoms with Crippen molar-refractivity contribution < 1.29 is 4.92 Å². The number of fused-ring (bicyclic) bond motifs is 1. The largest absolute Gasteiger partial charge is 0.369 e. The zero-order valence-electron chi connectivity index (χ0n) is 13.5. The molecule has 0 spiro atoms. The molecule has 1 aromatic carbocycles. The molecule has 0 atom stereocenters. The first kappa shape index (κ1) is 17.1. The molecule has 1 aromatic heterocycles. The van der Waals surface area contributed by atoms with E-state index in [1.54, 1.807) is 6.07 Å². The van der Waals surface area contributed by atoms with E-state index in [-0.39, 0.29) is 11.6 Å². The number of aliphatic imine (C=N–C) groups is 1. The zero-order chi connectivity index (χ0) is 17.8. The molecule has 0 amide bonds. The third-order valence-corrected chi connectivity index (χ3v) is 4.29. The highest BCUT2D eigenvalue weighted by Crippen LogP contribution is 2.20. The SMILES string of the molecule is N/C(=N\C(=S)NC1CCCCC1)Nc1nc2ccc([N+](=O)[O-])cc2[nH]1. The number of guanidine groups is 1. The average molecular weight is 361 g/mol. The fourth-order valence-electron chi connectivity index (χ4n) is 2.88. The molecule has 0 radical (unpaired) electrons. The Kier molecular flexibility index (Phi) is 5.08. The Bertz CT molecular complexity index is 826. The number of anilines is 1. The molecular formula is C15H19N7O2S. The number of nitrogens with zero attached hydrogens (tertiary/aromatic N) is 3. The van der Waals surface area contributed by atoms with E-state index in [1.807, 2.05) is 0 Å². The fraction of sp³-hybridized carbons (Fsp3) is 0.400. The van der Waals surface area contributed by atoms with Crippen LogP contribution in [0, 0.1) is 10.1 Å². The minimum atomic E-state index is -0.460. The van der Waals surface area contributed by atoms with Crippen LogP contribution in [0.2, 0.25) is 0 Å². The molecule has 0 aliphatic heterocycles. The molecule has 1 aliphatic rings. The molecule has 1 heterocycles. The number of aromatic nitrogens is 2. The van der Waals surface area contributed by atoms with Crippen molar-refractivity contribution in [3.05, 3.63) is 28.3 Å². The highest BCUT2D eigenvalue weighted by Gasteiger charge is 2.14. The maximum atomic E-state index is 10.8. The van der Waals surface area contributed by atoms with E-state index in [9.17, 15) is 10.1 Å². The molecule has 1 saturated carbocycles. The lowest BCUT2D eigenvalue weighted by molar-refractivity contribution is -0.384. The van der Waals surface area contributed by atoms with Crippen molar-refractivity contribution in [2.45, 2.75) is 38.1 Å². The van der Waals surface area contributed by atoms with Gasteiger partial charge in [0.25, 0.3) is 5.69 Å². The van der Waals surface area contributed by atoms with Gasteiger partial charge in [-0.1, -0.05) is 19.3 Å². The number of hydrogen-bond donors (Lipinski definition) is 4. The van der Waals surface area contributed by atoms with Gasteiger partial charge in [0.1, 0.15) is 0 Å². The number of imidazole rings is 1. The van der Waals surface area contributed by atoms with Crippen molar-refractivity contribution in [2.75, 3.05) is 5.32 Å². The highest BCUT2D eigenvalue weighted by molar-refractivity contribution is 7.80. The average Bonchev–Trinajstić information content (AvgIpc) is 2.96. The van der Waals surface area contributed by atoms with Gasteiger partial charge in [-0.15, -0.1) is 0 Å². The molecule has 9 nitrogen and oxygen atoms in total. The van der Waals surface area contributed by atoms with E-state index in [4.69, 9.17) is 18.0 Å². The van der Waals surface area contributed by atoms with Crippen LogP contribution in [0.25, 0.3) is 11.0 Å². The summed E-state index contributed by atoms with van der Waals surface area (Å²) in [6.45, 7) is 0. The second-order valence-electron chi connectivity index (χ2n) is 5.95. The van der Waals surface area contributed by atoms with Crippen LogP contribution < -0.4 is 16.4 Å². The topological polar surface area (TPSA) is 134 Å². The summed E-state index contributed by atoms with van der Waals surface area (Å²) in [6.07, 6.45) is 5.84. The van der Waals surface area contributed by atoms with Crippen LogP contribution in [0.3, 0.4) is 0 Å². The maximum Gasteiger partial charge on any atom is 0.271 e. The molecule has 3 rings (SSSR count). The lowest BCUT2D eigenvalue weighted by atomic mass is 9.96. The lowest BCUT2D eigenvalue weighted by Crippen LogP contribution is -2.36. The molecule has 25 heavy (non-hydrogen) atoms. The van der Waals surface area contributed by atoms with Crippen LogP contribution in [0.5, 0.6) is 0 Å². The standard InChI is InChI=1S/C15H19N7O2S/c16-13(21-15(25)17-9-4-2-1-3-5-9)20-14-18-11-7-6-10(22(23)24)8-12(11)19-14/h6-9H,1-5H2,(H5,16,17,18,19,20,21,25). The van der Waals surface area contributed by atoms with Gasteiger partial charge in [-0.3, -0.25) is 15.4 Å². The van der Waals surface area contributed by atoms with Crippen LogP contribution in [0.4, 0.5) is 11.6 Å². The van der Waals surface area contributed by atoms with Gasteiger partial charge in [0.15, 0.2) is 5.11 Å². The summed E-state index contributed by atoms with van der Waals surface area (Å²) in [7, 11) is 0. The molecule has 1 fully saturated rings. The number of nitrogens with one attached hydrogen (secondary N) is 3. The third kappa shape index (κ3) is 4.41. The predicted octanol–water partition coefficient (Wildman–Crippen LogP) is 2.40. The van der Waals surface area contributed by atoms with Crippen LogP contribution in [-0.2, 0) is 0 Å².